The first-order valence-electron chi connectivity index (χ1n) is 11.6. The van der Waals surface area contributed by atoms with E-state index in [2.05, 4.69) is 29.2 Å². The van der Waals surface area contributed by atoms with Crippen LogP contribution in [0.1, 0.15) is 33.2 Å². The van der Waals surface area contributed by atoms with Gasteiger partial charge in [0.05, 0.1) is 33.5 Å². The van der Waals surface area contributed by atoms with E-state index in [0.717, 1.165) is 24.2 Å². The molecule has 0 bridgehead atoms. The predicted molar refractivity (Wildman–Crippen MR) is 132 cm³/mol. The molecule has 7 nitrogen and oxygen atoms in total. The average Bonchev–Trinajstić information content (AvgIpc) is 2.89. The van der Waals surface area contributed by atoms with Gasteiger partial charge in [-0.15, -0.1) is 0 Å². The third-order valence-electron chi connectivity index (χ3n) is 6.07. The molecule has 7 heteroatoms. The van der Waals surface area contributed by atoms with Gasteiger partial charge >= 0.3 is 5.97 Å². The van der Waals surface area contributed by atoms with Crippen molar-refractivity contribution < 1.29 is 28.5 Å². The van der Waals surface area contributed by atoms with Gasteiger partial charge in [-0.3, -0.25) is 4.90 Å². The summed E-state index contributed by atoms with van der Waals surface area (Å²) in [6, 6.07) is 21.8. The van der Waals surface area contributed by atoms with Crippen LogP contribution in [-0.2, 0) is 16.0 Å². The highest BCUT2D eigenvalue weighted by molar-refractivity contribution is 5.91. The SMILES string of the molecule is COc1cc(C(=O)OCCN2CCOC(c3ccccc3)c3ccccc3C2)cc(OC)c1OC. The van der Waals surface area contributed by atoms with Crippen molar-refractivity contribution >= 4 is 5.97 Å². The molecule has 35 heavy (non-hydrogen) atoms. The fourth-order valence-corrected chi connectivity index (χ4v) is 4.29. The van der Waals surface area contributed by atoms with Crippen LogP contribution in [0.2, 0.25) is 0 Å². The molecule has 1 aliphatic heterocycles. The highest BCUT2D eigenvalue weighted by atomic mass is 16.5. The molecule has 4 rings (SSSR count). The number of benzene rings is 3. The fourth-order valence-electron chi connectivity index (χ4n) is 4.29. The zero-order valence-corrected chi connectivity index (χ0v) is 20.4. The number of nitrogens with zero attached hydrogens (tertiary/aromatic N) is 1. The Bertz CT molecular complexity index is 1110. The van der Waals surface area contributed by atoms with E-state index in [1.165, 1.54) is 26.9 Å². The van der Waals surface area contributed by atoms with Gasteiger partial charge in [0.25, 0.3) is 0 Å². The standard InChI is InChI=1S/C28H31NO6/c1-31-24-17-22(18-25(32-2)27(24)33-3)28(30)35-16-14-29-13-15-34-26(20-9-5-4-6-10-20)23-12-8-7-11-21(23)19-29/h4-12,17-18,26H,13-16,19H2,1-3H3. The Morgan fingerprint density at radius 1 is 0.943 bits per heavy atom. The van der Waals surface area contributed by atoms with Crippen molar-refractivity contribution in [2.75, 3.05) is 47.6 Å². The van der Waals surface area contributed by atoms with Gasteiger partial charge in [-0.2, -0.15) is 0 Å². The molecule has 0 saturated carbocycles. The number of hydrogen-bond acceptors (Lipinski definition) is 7. The molecule has 0 aromatic heterocycles. The quantitative estimate of drug-likeness (QED) is 0.443. The highest BCUT2D eigenvalue weighted by Gasteiger charge is 2.23. The molecule has 0 aliphatic carbocycles. The maximum Gasteiger partial charge on any atom is 0.338 e. The number of hydrogen-bond donors (Lipinski definition) is 0. The van der Waals surface area contributed by atoms with Crippen LogP contribution in [0.25, 0.3) is 0 Å². The molecule has 0 fully saturated rings. The fraction of sp³-hybridized carbons (Fsp3) is 0.321. The topological polar surface area (TPSA) is 66.5 Å². The van der Waals surface area contributed by atoms with Crippen molar-refractivity contribution in [1.29, 1.82) is 0 Å². The number of carbonyl (C=O) groups excluding carboxylic acids is 1. The van der Waals surface area contributed by atoms with E-state index >= 15 is 0 Å². The highest BCUT2D eigenvalue weighted by Crippen LogP contribution is 2.38. The van der Waals surface area contributed by atoms with Crippen molar-refractivity contribution in [2.45, 2.75) is 12.6 Å². The van der Waals surface area contributed by atoms with E-state index < -0.39 is 5.97 Å². The molecule has 1 aliphatic rings. The summed E-state index contributed by atoms with van der Waals surface area (Å²) in [6.07, 6.45) is -0.0904. The van der Waals surface area contributed by atoms with Crippen LogP contribution < -0.4 is 14.2 Å². The molecule has 0 radical (unpaired) electrons. The van der Waals surface area contributed by atoms with Crippen molar-refractivity contribution in [2.24, 2.45) is 0 Å². The van der Waals surface area contributed by atoms with Gasteiger partial charge in [0.15, 0.2) is 11.5 Å². The normalized spacial score (nSPS) is 15.9. The average molecular weight is 478 g/mol. The Hall–Kier alpha value is -3.55. The Morgan fingerprint density at radius 3 is 2.31 bits per heavy atom. The lowest BCUT2D eigenvalue weighted by molar-refractivity contribution is 0.0320. The van der Waals surface area contributed by atoms with Gasteiger partial charge in [-0.1, -0.05) is 54.6 Å². The number of methoxy groups -OCH3 is 3. The number of rotatable bonds is 8. The second-order valence-corrected chi connectivity index (χ2v) is 8.19. The molecule has 3 aromatic carbocycles. The van der Waals surface area contributed by atoms with Crippen LogP contribution in [0.5, 0.6) is 17.2 Å². The van der Waals surface area contributed by atoms with Gasteiger partial charge in [0.2, 0.25) is 5.75 Å². The van der Waals surface area contributed by atoms with E-state index in [9.17, 15) is 4.79 Å². The number of ether oxygens (including phenoxy) is 5. The monoisotopic (exact) mass is 477 g/mol. The maximum absolute atomic E-state index is 12.7. The second-order valence-electron chi connectivity index (χ2n) is 8.19. The van der Waals surface area contributed by atoms with Crippen molar-refractivity contribution in [3.63, 3.8) is 0 Å². The molecular weight excluding hydrogens is 446 g/mol. The Balaban J connectivity index is 1.41. The summed E-state index contributed by atoms with van der Waals surface area (Å²) in [4.78, 5) is 15.0. The third-order valence-corrected chi connectivity index (χ3v) is 6.07. The summed E-state index contributed by atoms with van der Waals surface area (Å²) >= 11 is 0. The molecular formula is C28H31NO6. The summed E-state index contributed by atoms with van der Waals surface area (Å²) in [6.45, 7) is 2.91. The summed E-state index contributed by atoms with van der Waals surface area (Å²) < 4.78 is 27.9. The molecule has 0 spiro atoms. The first kappa shape index (κ1) is 24.6. The molecule has 1 heterocycles. The maximum atomic E-state index is 12.7. The lowest BCUT2D eigenvalue weighted by Crippen LogP contribution is -2.34. The third kappa shape index (κ3) is 5.75. The van der Waals surface area contributed by atoms with Gasteiger partial charge in [0, 0.05) is 19.6 Å². The number of fused-ring (bicyclic) bond motifs is 1. The second kappa shape index (κ2) is 11.7. The molecule has 0 amide bonds. The van der Waals surface area contributed by atoms with Gasteiger partial charge < -0.3 is 23.7 Å². The number of esters is 1. The predicted octanol–water partition coefficient (Wildman–Crippen LogP) is 4.49. The lowest BCUT2D eigenvalue weighted by Gasteiger charge is -2.30. The van der Waals surface area contributed by atoms with Gasteiger partial charge in [0.1, 0.15) is 12.7 Å². The molecule has 3 aromatic rings. The van der Waals surface area contributed by atoms with Crippen molar-refractivity contribution in [3.8, 4) is 17.2 Å². The van der Waals surface area contributed by atoms with Crippen LogP contribution in [0.3, 0.4) is 0 Å². The summed E-state index contributed by atoms with van der Waals surface area (Å²) in [5.41, 5.74) is 3.86. The van der Waals surface area contributed by atoms with Crippen molar-refractivity contribution in [3.05, 3.63) is 89.0 Å². The minimum atomic E-state index is -0.447. The van der Waals surface area contributed by atoms with E-state index in [0.29, 0.717) is 36.0 Å². The van der Waals surface area contributed by atoms with Crippen LogP contribution in [0, 0.1) is 0 Å². The van der Waals surface area contributed by atoms with Crippen LogP contribution >= 0.6 is 0 Å². The van der Waals surface area contributed by atoms with Crippen LogP contribution in [0.15, 0.2) is 66.7 Å². The molecule has 0 saturated heterocycles. The van der Waals surface area contributed by atoms with E-state index in [1.54, 1.807) is 12.1 Å². The molecule has 184 valence electrons. The largest absolute Gasteiger partial charge is 0.493 e. The zero-order chi connectivity index (χ0) is 24.6. The van der Waals surface area contributed by atoms with Gasteiger partial charge in [-0.25, -0.2) is 4.79 Å². The molecule has 1 unspecified atom stereocenters. The van der Waals surface area contributed by atoms with Crippen molar-refractivity contribution in [1.82, 2.24) is 4.90 Å². The first-order valence-corrected chi connectivity index (χ1v) is 11.6. The Labute approximate surface area is 206 Å². The van der Waals surface area contributed by atoms with E-state index in [4.69, 9.17) is 23.7 Å². The lowest BCUT2D eigenvalue weighted by atomic mass is 9.95. The summed E-state index contributed by atoms with van der Waals surface area (Å²) in [5.74, 6) is 0.797. The molecule has 0 N–H and O–H groups in total. The Kier molecular flexibility index (Phi) is 8.23. The van der Waals surface area contributed by atoms with Crippen LogP contribution in [-0.4, -0.2) is 58.5 Å². The minimum Gasteiger partial charge on any atom is -0.493 e. The number of carbonyl (C=O) groups is 1. The molecule has 1 atom stereocenters. The summed E-state index contributed by atoms with van der Waals surface area (Å²) in [5, 5.41) is 0. The zero-order valence-electron chi connectivity index (χ0n) is 20.4. The Morgan fingerprint density at radius 2 is 1.63 bits per heavy atom. The van der Waals surface area contributed by atoms with Gasteiger partial charge in [-0.05, 0) is 28.8 Å². The minimum absolute atomic E-state index is 0.0904. The smallest absolute Gasteiger partial charge is 0.338 e. The van der Waals surface area contributed by atoms with E-state index in [-0.39, 0.29) is 12.7 Å². The summed E-state index contributed by atoms with van der Waals surface area (Å²) in [7, 11) is 4.54. The van der Waals surface area contributed by atoms with E-state index in [1.807, 2.05) is 30.3 Å². The first-order chi connectivity index (χ1) is 17.1. The van der Waals surface area contributed by atoms with Crippen LogP contribution in [0.4, 0.5) is 0 Å².